The van der Waals surface area contributed by atoms with Gasteiger partial charge in [0.25, 0.3) is 10.2 Å². The van der Waals surface area contributed by atoms with Gasteiger partial charge in [0.05, 0.1) is 5.69 Å². The highest BCUT2D eigenvalue weighted by Gasteiger charge is 2.29. The molecule has 0 aliphatic rings. The largest absolute Gasteiger partial charge is 0.506 e. The van der Waals surface area contributed by atoms with Crippen molar-refractivity contribution in [2.45, 2.75) is 13.1 Å². The average molecular weight is 284 g/mol. The highest BCUT2D eigenvalue weighted by atomic mass is 32.2. The van der Waals surface area contributed by atoms with Crippen LogP contribution in [0, 0.1) is 6.92 Å². The van der Waals surface area contributed by atoms with Gasteiger partial charge in [0.15, 0.2) is 0 Å². The van der Waals surface area contributed by atoms with Crippen molar-refractivity contribution in [3.05, 3.63) is 23.8 Å². The molecule has 0 radical (unpaired) electrons. The predicted octanol–water partition coefficient (Wildman–Crippen LogP) is 1.51. The van der Waals surface area contributed by atoms with E-state index in [1.165, 1.54) is 22.9 Å². The number of alkyl halides is 3. The molecule has 1 rings (SSSR count). The van der Waals surface area contributed by atoms with E-state index in [9.17, 15) is 26.7 Å². The van der Waals surface area contributed by atoms with Gasteiger partial charge >= 0.3 is 6.18 Å². The van der Waals surface area contributed by atoms with Crippen molar-refractivity contribution < 1.29 is 26.7 Å². The zero-order valence-corrected chi connectivity index (χ0v) is 10.1. The molecule has 0 aliphatic heterocycles. The van der Waals surface area contributed by atoms with E-state index in [2.05, 4.69) is 0 Å². The third-order valence-corrected chi connectivity index (χ3v) is 2.87. The average Bonchev–Trinajstić information content (AvgIpc) is 2.20. The van der Waals surface area contributed by atoms with Crippen molar-refractivity contribution in [2.24, 2.45) is 0 Å². The summed E-state index contributed by atoms with van der Waals surface area (Å²) >= 11 is 0. The molecule has 3 N–H and O–H groups in total. The molecule has 102 valence electrons. The SMILES string of the molecule is Cc1ccc(O)c(NS(=O)(=O)NCC(F)(F)F)c1. The lowest BCUT2D eigenvalue weighted by atomic mass is 10.2. The number of rotatable bonds is 4. The molecule has 0 unspecified atom stereocenters. The van der Waals surface area contributed by atoms with Gasteiger partial charge in [0.1, 0.15) is 12.3 Å². The van der Waals surface area contributed by atoms with Crippen LogP contribution in [0.25, 0.3) is 0 Å². The molecule has 0 saturated heterocycles. The van der Waals surface area contributed by atoms with Gasteiger partial charge in [-0.15, -0.1) is 0 Å². The number of phenols is 1. The molecule has 9 heteroatoms. The number of phenolic OH excluding ortho intramolecular Hbond substituents is 1. The van der Waals surface area contributed by atoms with Crippen LogP contribution in [0.15, 0.2) is 18.2 Å². The fourth-order valence-corrected chi connectivity index (χ4v) is 1.97. The van der Waals surface area contributed by atoms with Crippen LogP contribution in [0.4, 0.5) is 18.9 Å². The standard InChI is InChI=1S/C9H11F3N2O3S/c1-6-2-3-8(15)7(4-6)14-18(16,17)13-5-9(10,11)12/h2-4,13-15H,5H2,1H3. The fraction of sp³-hybridized carbons (Fsp3) is 0.333. The smallest absolute Gasteiger partial charge is 0.402 e. The monoisotopic (exact) mass is 284 g/mol. The quantitative estimate of drug-likeness (QED) is 0.733. The minimum absolute atomic E-state index is 0.190. The highest BCUT2D eigenvalue weighted by Crippen LogP contribution is 2.24. The first kappa shape index (κ1) is 14.6. The lowest BCUT2D eigenvalue weighted by molar-refractivity contribution is -0.121. The van der Waals surface area contributed by atoms with E-state index in [1.54, 1.807) is 6.92 Å². The summed E-state index contributed by atoms with van der Waals surface area (Å²) in [4.78, 5) is 0. The molecule has 1 aromatic carbocycles. The zero-order valence-electron chi connectivity index (χ0n) is 9.25. The van der Waals surface area contributed by atoms with E-state index in [1.807, 2.05) is 4.72 Å². The van der Waals surface area contributed by atoms with E-state index in [0.29, 0.717) is 5.56 Å². The van der Waals surface area contributed by atoms with E-state index in [4.69, 9.17) is 0 Å². The zero-order chi connectivity index (χ0) is 14.0. The topological polar surface area (TPSA) is 78.4 Å². The minimum atomic E-state index is -4.65. The van der Waals surface area contributed by atoms with E-state index in [-0.39, 0.29) is 11.4 Å². The van der Waals surface area contributed by atoms with Gasteiger partial charge in [0.2, 0.25) is 0 Å². The summed E-state index contributed by atoms with van der Waals surface area (Å²) < 4.78 is 61.3. The lowest BCUT2D eigenvalue weighted by Crippen LogP contribution is -2.37. The summed E-state index contributed by atoms with van der Waals surface area (Å²) in [5.41, 5.74) is 0.450. The maximum Gasteiger partial charge on any atom is 0.402 e. The van der Waals surface area contributed by atoms with E-state index in [0.717, 1.165) is 0 Å². The van der Waals surface area contributed by atoms with Gasteiger partial charge in [-0.3, -0.25) is 4.72 Å². The molecule has 5 nitrogen and oxygen atoms in total. The molecule has 18 heavy (non-hydrogen) atoms. The second kappa shape index (κ2) is 5.02. The Kier molecular flexibility index (Phi) is 4.07. The number of anilines is 1. The van der Waals surface area contributed by atoms with Gasteiger partial charge in [-0.25, -0.2) is 0 Å². The second-order valence-corrected chi connectivity index (χ2v) is 5.06. The number of aryl methyl sites for hydroxylation is 1. The Balaban J connectivity index is 2.80. The summed E-state index contributed by atoms with van der Waals surface area (Å²) in [6.07, 6.45) is -4.65. The molecule has 0 atom stereocenters. The highest BCUT2D eigenvalue weighted by molar-refractivity contribution is 7.90. The van der Waals surface area contributed by atoms with E-state index >= 15 is 0 Å². The van der Waals surface area contributed by atoms with E-state index < -0.39 is 22.9 Å². The van der Waals surface area contributed by atoms with Gasteiger partial charge in [-0.2, -0.15) is 26.3 Å². The Morgan fingerprint density at radius 2 is 1.94 bits per heavy atom. The van der Waals surface area contributed by atoms with Crippen molar-refractivity contribution in [1.82, 2.24) is 4.72 Å². The van der Waals surface area contributed by atoms with Gasteiger partial charge in [0, 0.05) is 0 Å². The van der Waals surface area contributed by atoms with Crippen LogP contribution in [0.3, 0.4) is 0 Å². The molecular weight excluding hydrogens is 273 g/mol. The first-order valence-electron chi connectivity index (χ1n) is 4.73. The van der Waals surface area contributed by atoms with Crippen molar-refractivity contribution in [1.29, 1.82) is 0 Å². The summed E-state index contributed by atoms with van der Waals surface area (Å²) in [6, 6.07) is 4.05. The van der Waals surface area contributed by atoms with Crippen LogP contribution in [-0.2, 0) is 10.2 Å². The number of aromatic hydroxyl groups is 1. The number of halogens is 3. The van der Waals surface area contributed by atoms with Crippen LogP contribution in [0.1, 0.15) is 5.56 Å². The minimum Gasteiger partial charge on any atom is -0.506 e. The Morgan fingerprint density at radius 3 is 2.50 bits per heavy atom. The molecular formula is C9H11F3N2O3S. The Morgan fingerprint density at radius 1 is 1.33 bits per heavy atom. The Hall–Kier alpha value is -1.48. The predicted molar refractivity (Wildman–Crippen MR) is 59.4 cm³/mol. The lowest BCUT2D eigenvalue weighted by Gasteiger charge is -2.12. The first-order valence-corrected chi connectivity index (χ1v) is 6.21. The summed E-state index contributed by atoms with van der Waals surface area (Å²) in [6.45, 7) is -0.0463. The molecule has 1 aromatic rings. The third-order valence-electron chi connectivity index (χ3n) is 1.86. The van der Waals surface area contributed by atoms with Crippen LogP contribution in [0.2, 0.25) is 0 Å². The van der Waals surface area contributed by atoms with Crippen molar-refractivity contribution in [3.63, 3.8) is 0 Å². The number of nitrogens with one attached hydrogen (secondary N) is 2. The second-order valence-electron chi connectivity index (χ2n) is 3.56. The van der Waals surface area contributed by atoms with Gasteiger partial charge in [-0.05, 0) is 24.6 Å². The van der Waals surface area contributed by atoms with Crippen molar-refractivity contribution in [3.8, 4) is 5.75 Å². The van der Waals surface area contributed by atoms with Crippen LogP contribution < -0.4 is 9.44 Å². The Labute approximate surface area is 102 Å². The molecule has 0 amide bonds. The van der Waals surface area contributed by atoms with Crippen molar-refractivity contribution in [2.75, 3.05) is 11.3 Å². The third kappa shape index (κ3) is 4.80. The fourth-order valence-electron chi connectivity index (χ4n) is 1.09. The first-order chi connectivity index (χ1) is 8.09. The molecule has 0 bridgehead atoms. The number of hydrogen-bond acceptors (Lipinski definition) is 3. The molecule has 0 saturated carbocycles. The van der Waals surface area contributed by atoms with Crippen molar-refractivity contribution >= 4 is 15.9 Å². The van der Waals surface area contributed by atoms with Crippen LogP contribution in [-0.4, -0.2) is 26.2 Å². The normalized spacial score (nSPS) is 12.4. The summed E-state index contributed by atoms with van der Waals surface area (Å²) in [5.74, 6) is -0.377. The van der Waals surface area contributed by atoms with Crippen LogP contribution >= 0.6 is 0 Å². The van der Waals surface area contributed by atoms with Gasteiger partial charge < -0.3 is 5.11 Å². The Bertz CT molecular complexity index is 528. The molecule has 0 spiro atoms. The molecule has 0 aromatic heterocycles. The molecule has 0 aliphatic carbocycles. The summed E-state index contributed by atoms with van der Waals surface area (Å²) in [5, 5.41) is 9.35. The maximum absolute atomic E-state index is 11.9. The van der Waals surface area contributed by atoms with Gasteiger partial charge in [-0.1, -0.05) is 6.07 Å². The number of hydrogen-bond donors (Lipinski definition) is 3. The molecule has 0 heterocycles. The van der Waals surface area contributed by atoms with Crippen LogP contribution in [0.5, 0.6) is 5.75 Å². The summed E-state index contributed by atoms with van der Waals surface area (Å²) in [7, 11) is -4.39. The maximum atomic E-state index is 11.9. The number of benzene rings is 1. The molecule has 0 fully saturated rings.